The summed E-state index contributed by atoms with van der Waals surface area (Å²) in [7, 11) is 1.62. The Morgan fingerprint density at radius 2 is 2.00 bits per heavy atom. The van der Waals surface area contributed by atoms with Crippen molar-refractivity contribution in [2.45, 2.75) is 63.7 Å². The van der Waals surface area contributed by atoms with E-state index in [1.807, 2.05) is 24.3 Å². The first-order chi connectivity index (χ1) is 13.2. The van der Waals surface area contributed by atoms with E-state index in [1.54, 1.807) is 7.11 Å². The summed E-state index contributed by atoms with van der Waals surface area (Å²) < 4.78 is 10.6. The number of benzene rings is 1. The zero-order valence-electron chi connectivity index (χ0n) is 15.9. The predicted molar refractivity (Wildman–Crippen MR) is 102 cm³/mol. The molecule has 1 fully saturated rings. The van der Waals surface area contributed by atoms with E-state index in [2.05, 4.69) is 10.1 Å². The lowest BCUT2D eigenvalue weighted by atomic mass is 9.84. The molecule has 6 nitrogen and oxygen atoms in total. The van der Waals surface area contributed by atoms with Gasteiger partial charge < -0.3 is 14.4 Å². The molecule has 0 radical (unpaired) electrons. The van der Waals surface area contributed by atoms with Gasteiger partial charge in [-0.2, -0.15) is 4.98 Å². The molecule has 0 bridgehead atoms. The normalized spacial score (nSPS) is 16.2. The smallest absolute Gasteiger partial charge is 0.304 e. The molecule has 0 spiro atoms. The molecule has 0 saturated heterocycles. The van der Waals surface area contributed by atoms with Crippen molar-refractivity contribution in [1.82, 2.24) is 10.1 Å². The summed E-state index contributed by atoms with van der Waals surface area (Å²) >= 11 is 0. The number of hydrogen-bond donors (Lipinski definition) is 1. The van der Waals surface area contributed by atoms with Crippen molar-refractivity contribution in [2.24, 2.45) is 5.92 Å². The summed E-state index contributed by atoms with van der Waals surface area (Å²) in [5.41, 5.74) is 0.821. The Kier molecular flexibility index (Phi) is 6.85. The monoisotopic (exact) mass is 372 g/mol. The fourth-order valence-electron chi connectivity index (χ4n) is 3.91. The lowest BCUT2D eigenvalue weighted by Crippen LogP contribution is -2.09. The van der Waals surface area contributed by atoms with Crippen molar-refractivity contribution < 1.29 is 19.2 Å². The molecular weight excluding hydrogens is 344 g/mol. The van der Waals surface area contributed by atoms with Crippen LogP contribution < -0.4 is 4.74 Å². The molecule has 1 aromatic heterocycles. The molecule has 0 aliphatic heterocycles. The highest BCUT2D eigenvalue weighted by Crippen LogP contribution is 2.31. The van der Waals surface area contributed by atoms with Crippen LogP contribution in [-0.2, 0) is 4.79 Å². The number of hydrogen-bond acceptors (Lipinski definition) is 5. The van der Waals surface area contributed by atoms with Crippen molar-refractivity contribution in [1.29, 1.82) is 0 Å². The van der Waals surface area contributed by atoms with Crippen molar-refractivity contribution in [3.8, 4) is 17.1 Å². The van der Waals surface area contributed by atoms with E-state index in [4.69, 9.17) is 9.26 Å². The molecule has 27 heavy (non-hydrogen) atoms. The third kappa shape index (κ3) is 5.55. The second-order valence-electron chi connectivity index (χ2n) is 7.41. The number of ether oxygens (including phenoxy) is 1. The summed E-state index contributed by atoms with van der Waals surface area (Å²) in [4.78, 5) is 15.8. The summed E-state index contributed by atoms with van der Waals surface area (Å²) in [6.07, 6.45) is 9.60. The maximum atomic E-state index is 11.3. The summed E-state index contributed by atoms with van der Waals surface area (Å²) in [6, 6.07) is 7.40. The van der Waals surface area contributed by atoms with Crippen LogP contribution in [0.3, 0.4) is 0 Å². The lowest BCUT2D eigenvalue weighted by molar-refractivity contribution is -0.137. The van der Waals surface area contributed by atoms with Crippen molar-refractivity contribution >= 4 is 5.97 Å². The number of aromatic nitrogens is 2. The van der Waals surface area contributed by atoms with E-state index < -0.39 is 5.97 Å². The maximum absolute atomic E-state index is 11.3. The molecule has 0 amide bonds. The molecule has 1 N–H and O–H groups in total. The second kappa shape index (κ2) is 9.53. The van der Waals surface area contributed by atoms with Crippen LogP contribution in [-0.4, -0.2) is 28.3 Å². The third-order valence-electron chi connectivity index (χ3n) is 5.45. The minimum atomic E-state index is -0.832. The highest BCUT2D eigenvalue weighted by atomic mass is 16.5. The van der Waals surface area contributed by atoms with Crippen LogP contribution in [0.4, 0.5) is 0 Å². The first-order valence-corrected chi connectivity index (χ1v) is 9.85. The molecule has 1 unspecified atom stereocenters. The Bertz CT molecular complexity index is 720. The fourth-order valence-corrected chi connectivity index (χ4v) is 3.91. The van der Waals surface area contributed by atoms with Gasteiger partial charge in [-0.1, -0.05) is 50.1 Å². The van der Waals surface area contributed by atoms with Gasteiger partial charge in [0.15, 0.2) is 0 Å². The molecule has 1 saturated carbocycles. The van der Waals surface area contributed by atoms with Crippen LogP contribution in [0.15, 0.2) is 28.8 Å². The Morgan fingerprint density at radius 3 is 2.67 bits per heavy atom. The quantitative estimate of drug-likeness (QED) is 0.662. The van der Waals surface area contributed by atoms with Crippen molar-refractivity contribution in [3.05, 3.63) is 30.2 Å². The van der Waals surface area contributed by atoms with Gasteiger partial charge in [0.2, 0.25) is 11.7 Å². The van der Waals surface area contributed by atoms with Crippen molar-refractivity contribution in [2.75, 3.05) is 7.11 Å². The molecule has 1 aliphatic rings. The Morgan fingerprint density at radius 1 is 1.26 bits per heavy atom. The standard InChI is InChI=1S/C21H28N2O4/c1-26-18-12-10-16(11-13-18)20-22-21(27-23-20)17(14-19(24)25)9-5-8-15-6-3-2-4-7-15/h10-13,15,17H,2-9,14H2,1H3,(H,24,25). The maximum Gasteiger partial charge on any atom is 0.304 e. The van der Waals surface area contributed by atoms with E-state index in [9.17, 15) is 9.90 Å². The number of aliphatic carboxylic acids is 1. The van der Waals surface area contributed by atoms with Gasteiger partial charge >= 0.3 is 5.97 Å². The number of rotatable bonds is 9. The Hall–Kier alpha value is -2.37. The minimum Gasteiger partial charge on any atom is -0.497 e. The average molecular weight is 372 g/mol. The van der Waals surface area contributed by atoms with Gasteiger partial charge in [-0.05, 0) is 36.6 Å². The zero-order chi connectivity index (χ0) is 19.1. The molecular formula is C21H28N2O4. The van der Waals surface area contributed by atoms with Crippen molar-refractivity contribution in [3.63, 3.8) is 0 Å². The van der Waals surface area contributed by atoms with E-state index in [1.165, 1.54) is 32.1 Å². The zero-order valence-corrected chi connectivity index (χ0v) is 15.9. The summed E-state index contributed by atoms with van der Waals surface area (Å²) in [6.45, 7) is 0. The number of carbonyl (C=O) groups is 1. The number of carboxylic acids is 1. The topological polar surface area (TPSA) is 85.5 Å². The van der Waals surface area contributed by atoms with E-state index in [-0.39, 0.29) is 12.3 Å². The summed E-state index contributed by atoms with van der Waals surface area (Å²) in [5.74, 6) is 1.39. The molecule has 3 rings (SSSR count). The molecule has 6 heteroatoms. The number of nitrogens with zero attached hydrogens (tertiary/aromatic N) is 2. The highest BCUT2D eigenvalue weighted by molar-refractivity contribution is 5.67. The Labute approximate surface area is 159 Å². The van der Waals surface area contributed by atoms with Gasteiger partial charge in [0.25, 0.3) is 0 Å². The fraction of sp³-hybridized carbons (Fsp3) is 0.571. The van der Waals surface area contributed by atoms with Gasteiger partial charge in [0, 0.05) is 11.5 Å². The largest absolute Gasteiger partial charge is 0.497 e. The van der Waals surface area contributed by atoms with E-state index in [0.29, 0.717) is 11.7 Å². The first-order valence-electron chi connectivity index (χ1n) is 9.85. The average Bonchev–Trinajstić information content (AvgIpc) is 3.18. The van der Waals surface area contributed by atoms with Crippen LogP contribution in [0, 0.1) is 5.92 Å². The van der Waals surface area contributed by atoms with Crippen LogP contribution in [0.5, 0.6) is 5.75 Å². The SMILES string of the molecule is COc1ccc(-c2noc(C(CCCC3CCCCC3)CC(=O)O)n2)cc1. The molecule has 1 aliphatic carbocycles. The van der Waals surface area contributed by atoms with Gasteiger partial charge in [-0.25, -0.2) is 0 Å². The molecule has 1 heterocycles. The number of methoxy groups -OCH3 is 1. The minimum absolute atomic E-state index is 0.0227. The van der Waals surface area contributed by atoms with Gasteiger partial charge in [0.1, 0.15) is 5.75 Å². The molecule has 1 atom stereocenters. The molecule has 2 aromatic rings. The lowest BCUT2D eigenvalue weighted by Gasteiger charge is -2.21. The van der Waals surface area contributed by atoms with Crippen LogP contribution in [0.25, 0.3) is 11.4 Å². The summed E-state index contributed by atoms with van der Waals surface area (Å²) in [5, 5.41) is 13.3. The molecule has 146 valence electrons. The van der Waals surface area contributed by atoms with Gasteiger partial charge in [-0.15, -0.1) is 0 Å². The van der Waals surface area contributed by atoms with E-state index in [0.717, 1.165) is 36.5 Å². The van der Waals surface area contributed by atoms with E-state index >= 15 is 0 Å². The van der Waals surface area contributed by atoms with Crippen LogP contribution >= 0.6 is 0 Å². The van der Waals surface area contributed by atoms with Crippen LogP contribution in [0.1, 0.15) is 69.6 Å². The third-order valence-corrected chi connectivity index (χ3v) is 5.45. The predicted octanol–water partition coefficient (Wildman–Crippen LogP) is 5.05. The van der Waals surface area contributed by atoms with Gasteiger partial charge in [-0.3, -0.25) is 4.79 Å². The molecule has 1 aromatic carbocycles. The Balaban J connectivity index is 1.63. The van der Waals surface area contributed by atoms with Crippen LogP contribution in [0.2, 0.25) is 0 Å². The first kappa shape index (κ1) is 19.4. The van der Waals surface area contributed by atoms with Gasteiger partial charge in [0.05, 0.1) is 13.5 Å². The highest BCUT2D eigenvalue weighted by Gasteiger charge is 2.23. The number of carboxylic acid groups (broad SMARTS) is 1. The second-order valence-corrected chi connectivity index (χ2v) is 7.41.